The van der Waals surface area contributed by atoms with Gasteiger partial charge >= 0.3 is 5.69 Å². The van der Waals surface area contributed by atoms with Crippen LogP contribution in [0.15, 0.2) is 23.9 Å². The number of benzene rings is 1. The molecule has 2 bridgehead atoms. The number of rotatable bonds is 3. The summed E-state index contributed by atoms with van der Waals surface area (Å²) in [5, 5.41) is 11.0. The molecule has 6 nitrogen and oxygen atoms in total. The summed E-state index contributed by atoms with van der Waals surface area (Å²) in [5.41, 5.74) is 1.24. The predicted molar refractivity (Wildman–Crippen MR) is 76.9 cm³/mol. The molecule has 0 amide bonds. The van der Waals surface area contributed by atoms with E-state index in [0.29, 0.717) is 11.3 Å². The van der Waals surface area contributed by atoms with Gasteiger partial charge in [0.1, 0.15) is 0 Å². The Labute approximate surface area is 122 Å². The molecule has 3 aliphatic rings. The second-order valence-corrected chi connectivity index (χ2v) is 5.34. The van der Waals surface area contributed by atoms with Crippen molar-refractivity contribution in [3.63, 3.8) is 0 Å². The maximum absolute atomic E-state index is 12.3. The first-order chi connectivity index (χ1) is 10.1. The van der Waals surface area contributed by atoms with Gasteiger partial charge in [-0.05, 0) is 30.5 Å². The molecular weight excluding hydrogens is 272 g/mol. The van der Waals surface area contributed by atoms with Gasteiger partial charge in [-0.15, -0.1) is 0 Å². The van der Waals surface area contributed by atoms with E-state index in [0.717, 1.165) is 25.9 Å². The number of ether oxygens (including phenoxy) is 1. The third kappa shape index (κ3) is 2.37. The van der Waals surface area contributed by atoms with Gasteiger partial charge in [-0.25, -0.2) is 0 Å². The van der Waals surface area contributed by atoms with Crippen LogP contribution in [0, 0.1) is 16.0 Å². The Morgan fingerprint density at radius 1 is 1.38 bits per heavy atom. The van der Waals surface area contributed by atoms with Gasteiger partial charge in [-0.3, -0.25) is 14.9 Å². The van der Waals surface area contributed by atoms with Gasteiger partial charge in [-0.2, -0.15) is 0 Å². The standard InChI is InChI=1S/C15H16N2O4/c1-21-14-3-2-10(8-12(14)17(19)20)9-13-15(18)11-4-6-16(13)7-5-11/h2-3,8-9,11H,4-7H2,1H3/b13-9-. The number of carbonyl (C=O) groups is 1. The number of hydrogen-bond acceptors (Lipinski definition) is 5. The quantitative estimate of drug-likeness (QED) is 0.484. The molecule has 0 saturated carbocycles. The van der Waals surface area contributed by atoms with Crippen molar-refractivity contribution in [2.45, 2.75) is 12.8 Å². The number of nitro benzene ring substituents is 1. The molecule has 110 valence electrons. The van der Waals surface area contributed by atoms with Crippen LogP contribution in [0.3, 0.4) is 0 Å². The highest BCUT2D eigenvalue weighted by molar-refractivity contribution is 6.02. The molecule has 0 N–H and O–H groups in total. The van der Waals surface area contributed by atoms with Crippen LogP contribution in [0.25, 0.3) is 6.08 Å². The number of Topliss-reactive ketones (excluding diaryl/α,β-unsaturated/α-hetero) is 1. The lowest BCUT2D eigenvalue weighted by molar-refractivity contribution is -0.385. The molecule has 1 aromatic rings. The number of fused-ring (bicyclic) bond motifs is 3. The summed E-state index contributed by atoms with van der Waals surface area (Å²) >= 11 is 0. The number of nitrogens with zero attached hydrogens (tertiary/aromatic N) is 2. The normalized spacial score (nSPS) is 20.1. The van der Waals surface area contributed by atoms with Crippen molar-refractivity contribution >= 4 is 17.5 Å². The fourth-order valence-electron chi connectivity index (χ4n) is 3.01. The van der Waals surface area contributed by atoms with Crippen LogP contribution in [0.5, 0.6) is 5.75 Å². The second kappa shape index (κ2) is 5.20. The van der Waals surface area contributed by atoms with Crippen LogP contribution in [-0.4, -0.2) is 35.8 Å². The zero-order chi connectivity index (χ0) is 15.0. The number of allylic oxidation sites excluding steroid dienone is 1. The van der Waals surface area contributed by atoms with E-state index in [-0.39, 0.29) is 23.1 Å². The number of methoxy groups -OCH3 is 1. The summed E-state index contributed by atoms with van der Waals surface area (Å²) in [6, 6.07) is 4.74. The van der Waals surface area contributed by atoms with E-state index in [1.54, 1.807) is 18.2 Å². The van der Waals surface area contributed by atoms with Crippen molar-refractivity contribution in [1.29, 1.82) is 0 Å². The maximum Gasteiger partial charge on any atom is 0.311 e. The number of piperidine rings is 3. The highest BCUT2D eigenvalue weighted by atomic mass is 16.6. The van der Waals surface area contributed by atoms with Gasteiger partial charge in [0.05, 0.1) is 17.7 Å². The van der Waals surface area contributed by atoms with Gasteiger partial charge in [0, 0.05) is 25.1 Å². The van der Waals surface area contributed by atoms with Gasteiger partial charge in [0.15, 0.2) is 11.5 Å². The number of hydrogen-bond donors (Lipinski definition) is 0. The Hall–Kier alpha value is -2.37. The Morgan fingerprint density at radius 2 is 2.10 bits per heavy atom. The molecule has 0 spiro atoms. The van der Waals surface area contributed by atoms with Crippen LogP contribution in [0.2, 0.25) is 0 Å². The van der Waals surface area contributed by atoms with Crippen molar-refractivity contribution in [3.8, 4) is 5.75 Å². The van der Waals surface area contributed by atoms with Crippen LogP contribution in [0.1, 0.15) is 18.4 Å². The van der Waals surface area contributed by atoms with Crippen LogP contribution in [0.4, 0.5) is 5.69 Å². The van der Waals surface area contributed by atoms with E-state index in [1.807, 2.05) is 0 Å². The van der Waals surface area contributed by atoms with Crippen LogP contribution in [-0.2, 0) is 4.79 Å². The molecule has 1 aromatic carbocycles. The van der Waals surface area contributed by atoms with E-state index in [1.165, 1.54) is 13.2 Å². The summed E-state index contributed by atoms with van der Waals surface area (Å²) in [6.07, 6.45) is 3.58. The van der Waals surface area contributed by atoms with E-state index < -0.39 is 4.92 Å². The molecule has 3 saturated heterocycles. The van der Waals surface area contributed by atoms with Crippen molar-refractivity contribution in [1.82, 2.24) is 4.90 Å². The lowest BCUT2D eigenvalue weighted by atomic mass is 9.84. The molecule has 6 heteroatoms. The number of nitro groups is 1. The number of ketones is 1. The molecule has 3 heterocycles. The highest BCUT2D eigenvalue weighted by Gasteiger charge is 2.36. The third-order valence-corrected chi connectivity index (χ3v) is 4.16. The Balaban J connectivity index is 1.98. The second-order valence-electron chi connectivity index (χ2n) is 5.34. The largest absolute Gasteiger partial charge is 0.490 e. The Morgan fingerprint density at radius 3 is 2.67 bits per heavy atom. The molecule has 0 aromatic heterocycles. The monoisotopic (exact) mass is 288 g/mol. The SMILES string of the molecule is COc1ccc(/C=C2/C(=O)C3CCN2CC3)cc1[N+](=O)[O-]. The Kier molecular flexibility index (Phi) is 3.37. The summed E-state index contributed by atoms with van der Waals surface area (Å²) in [7, 11) is 1.40. The summed E-state index contributed by atoms with van der Waals surface area (Å²) < 4.78 is 4.98. The van der Waals surface area contributed by atoms with Crippen LogP contribution < -0.4 is 4.74 Å². The number of carbonyl (C=O) groups excluding carboxylic acids is 1. The lowest BCUT2D eigenvalue weighted by Gasteiger charge is -2.41. The minimum atomic E-state index is -0.476. The van der Waals surface area contributed by atoms with Gasteiger partial charge in [-0.1, -0.05) is 6.07 Å². The highest BCUT2D eigenvalue weighted by Crippen LogP contribution is 2.34. The maximum atomic E-state index is 12.3. The predicted octanol–water partition coefficient (Wildman–Crippen LogP) is 2.24. The average Bonchev–Trinajstić information content (AvgIpc) is 2.51. The third-order valence-electron chi connectivity index (χ3n) is 4.16. The topological polar surface area (TPSA) is 72.7 Å². The van der Waals surface area contributed by atoms with E-state index in [9.17, 15) is 14.9 Å². The first-order valence-corrected chi connectivity index (χ1v) is 6.93. The van der Waals surface area contributed by atoms with E-state index in [2.05, 4.69) is 4.90 Å². The fourth-order valence-corrected chi connectivity index (χ4v) is 3.01. The van der Waals surface area contributed by atoms with E-state index >= 15 is 0 Å². The molecule has 3 fully saturated rings. The first-order valence-electron chi connectivity index (χ1n) is 6.93. The summed E-state index contributed by atoms with van der Waals surface area (Å²) in [5.74, 6) is 0.499. The van der Waals surface area contributed by atoms with Crippen molar-refractivity contribution in [2.75, 3.05) is 20.2 Å². The van der Waals surface area contributed by atoms with Crippen molar-refractivity contribution in [3.05, 3.63) is 39.6 Å². The first kappa shape index (κ1) is 13.6. The molecular formula is C15H16N2O4. The van der Waals surface area contributed by atoms with Gasteiger partial charge in [0.2, 0.25) is 0 Å². The molecule has 0 aliphatic carbocycles. The summed E-state index contributed by atoms with van der Waals surface area (Å²) in [6.45, 7) is 1.78. The summed E-state index contributed by atoms with van der Waals surface area (Å²) in [4.78, 5) is 24.9. The average molecular weight is 288 g/mol. The fraction of sp³-hybridized carbons (Fsp3) is 0.400. The van der Waals surface area contributed by atoms with Gasteiger partial charge in [0.25, 0.3) is 0 Å². The smallest absolute Gasteiger partial charge is 0.311 e. The molecule has 4 rings (SSSR count). The van der Waals surface area contributed by atoms with Crippen molar-refractivity contribution in [2.24, 2.45) is 5.92 Å². The molecule has 0 unspecified atom stereocenters. The minimum absolute atomic E-state index is 0.0877. The zero-order valence-corrected chi connectivity index (χ0v) is 11.7. The van der Waals surface area contributed by atoms with Crippen molar-refractivity contribution < 1.29 is 14.5 Å². The van der Waals surface area contributed by atoms with Crippen LogP contribution >= 0.6 is 0 Å². The zero-order valence-electron chi connectivity index (χ0n) is 11.7. The molecule has 0 atom stereocenters. The molecule has 21 heavy (non-hydrogen) atoms. The van der Waals surface area contributed by atoms with E-state index in [4.69, 9.17) is 4.74 Å². The minimum Gasteiger partial charge on any atom is -0.490 e. The molecule has 0 radical (unpaired) electrons. The lowest BCUT2D eigenvalue weighted by Crippen LogP contribution is -2.45. The van der Waals surface area contributed by atoms with Gasteiger partial charge < -0.3 is 9.64 Å². The Bertz CT molecular complexity index is 631. The molecule has 3 aliphatic heterocycles.